The lowest BCUT2D eigenvalue weighted by atomic mass is 10.2. The first kappa shape index (κ1) is 11.2. The second-order valence-corrected chi connectivity index (χ2v) is 3.86. The third-order valence-electron chi connectivity index (χ3n) is 2.52. The Morgan fingerprint density at radius 3 is 3.11 bits per heavy atom. The van der Waals surface area contributed by atoms with Gasteiger partial charge in [0.1, 0.15) is 5.75 Å². The molecule has 0 aliphatic carbocycles. The number of rotatable bonds is 2. The van der Waals surface area contributed by atoms with E-state index in [4.69, 9.17) is 4.74 Å². The van der Waals surface area contributed by atoms with Gasteiger partial charge in [0.05, 0.1) is 11.9 Å². The minimum absolute atomic E-state index is 0.00234. The molecular formula is C11H9N5O3. The smallest absolute Gasteiger partial charge is 0.277 e. The van der Waals surface area contributed by atoms with Gasteiger partial charge < -0.3 is 15.4 Å². The fraction of sp³-hybridized carbons (Fsp3) is 0.0909. The summed E-state index contributed by atoms with van der Waals surface area (Å²) in [6.07, 6.45) is 1.32. The molecular weight excluding hydrogens is 250 g/mol. The molecule has 3 N–H and O–H groups in total. The van der Waals surface area contributed by atoms with Crippen LogP contribution in [-0.4, -0.2) is 33.8 Å². The summed E-state index contributed by atoms with van der Waals surface area (Å²) in [5.74, 6) is -0.0525. The van der Waals surface area contributed by atoms with E-state index in [0.29, 0.717) is 17.1 Å². The SMILES string of the molecule is O=C1COc2ccc(NC(=O)c3cn[nH]n3)cc2N1. The zero-order valence-corrected chi connectivity index (χ0v) is 9.64. The van der Waals surface area contributed by atoms with E-state index in [-0.39, 0.29) is 18.2 Å². The quantitative estimate of drug-likeness (QED) is 0.722. The van der Waals surface area contributed by atoms with Crippen LogP contribution in [-0.2, 0) is 4.79 Å². The van der Waals surface area contributed by atoms with Crippen molar-refractivity contribution in [1.82, 2.24) is 15.4 Å². The molecule has 19 heavy (non-hydrogen) atoms. The number of benzene rings is 1. The lowest BCUT2D eigenvalue weighted by Gasteiger charge is -2.18. The van der Waals surface area contributed by atoms with Gasteiger partial charge in [-0.1, -0.05) is 0 Å². The average molecular weight is 259 g/mol. The van der Waals surface area contributed by atoms with Crippen molar-refractivity contribution >= 4 is 23.2 Å². The maximum absolute atomic E-state index is 11.8. The van der Waals surface area contributed by atoms with E-state index in [9.17, 15) is 9.59 Å². The van der Waals surface area contributed by atoms with E-state index in [1.807, 2.05) is 0 Å². The van der Waals surface area contributed by atoms with Crippen molar-refractivity contribution in [1.29, 1.82) is 0 Å². The number of aromatic amines is 1. The highest BCUT2D eigenvalue weighted by atomic mass is 16.5. The lowest BCUT2D eigenvalue weighted by Crippen LogP contribution is -2.25. The first-order valence-corrected chi connectivity index (χ1v) is 5.46. The molecule has 0 saturated carbocycles. The molecule has 2 amide bonds. The second-order valence-electron chi connectivity index (χ2n) is 3.86. The number of nitrogens with zero attached hydrogens (tertiary/aromatic N) is 2. The lowest BCUT2D eigenvalue weighted by molar-refractivity contribution is -0.118. The van der Waals surface area contributed by atoms with Crippen LogP contribution in [0.1, 0.15) is 10.5 Å². The third kappa shape index (κ3) is 2.23. The van der Waals surface area contributed by atoms with Gasteiger partial charge in [-0.05, 0) is 18.2 Å². The molecule has 8 nitrogen and oxygen atoms in total. The number of fused-ring (bicyclic) bond motifs is 1. The van der Waals surface area contributed by atoms with E-state index in [0.717, 1.165) is 0 Å². The fourth-order valence-electron chi connectivity index (χ4n) is 1.67. The molecule has 3 rings (SSSR count). The van der Waals surface area contributed by atoms with Gasteiger partial charge in [-0.2, -0.15) is 15.4 Å². The Morgan fingerprint density at radius 2 is 2.32 bits per heavy atom. The standard InChI is InChI=1S/C11H9N5O3/c17-10-5-19-9-2-1-6(3-7(9)14-10)13-11(18)8-4-12-16-15-8/h1-4H,5H2,(H,13,18)(H,14,17)(H,12,15,16). The number of hydrogen-bond acceptors (Lipinski definition) is 5. The zero-order valence-electron chi connectivity index (χ0n) is 9.64. The van der Waals surface area contributed by atoms with Crippen molar-refractivity contribution < 1.29 is 14.3 Å². The summed E-state index contributed by atoms with van der Waals surface area (Å²) < 4.78 is 5.22. The average Bonchev–Trinajstić information content (AvgIpc) is 2.92. The molecule has 1 aromatic heterocycles. The largest absolute Gasteiger partial charge is 0.482 e. The number of ether oxygens (including phenoxy) is 1. The van der Waals surface area contributed by atoms with Crippen molar-refractivity contribution in [3.05, 3.63) is 30.1 Å². The van der Waals surface area contributed by atoms with Crippen LogP contribution in [0.5, 0.6) is 5.75 Å². The Morgan fingerprint density at radius 1 is 1.42 bits per heavy atom. The van der Waals surface area contributed by atoms with Crippen LogP contribution in [0.3, 0.4) is 0 Å². The maximum Gasteiger partial charge on any atom is 0.277 e. The van der Waals surface area contributed by atoms with Crippen LogP contribution in [0.2, 0.25) is 0 Å². The molecule has 1 aromatic carbocycles. The normalized spacial score (nSPS) is 13.2. The molecule has 0 bridgehead atoms. The van der Waals surface area contributed by atoms with Crippen LogP contribution >= 0.6 is 0 Å². The summed E-state index contributed by atoms with van der Waals surface area (Å²) >= 11 is 0. The van der Waals surface area contributed by atoms with Gasteiger partial charge in [-0.25, -0.2) is 0 Å². The number of hydrogen-bond donors (Lipinski definition) is 3. The molecule has 96 valence electrons. The Bertz CT molecular complexity index is 638. The summed E-state index contributed by atoms with van der Waals surface area (Å²) in [5, 5.41) is 14.9. The van der Waals surface area contributed by atoms with Gasteiger partial charge in [0.15, 0.2) is 12.3 Å². The molecule has 1 aliphatic heterocycles. The fourth-order valence-corrected chi connectivity index (χ4v) is 1.67. The van der Waals surface area contributed by atoms with Gasteiger partial charge in [-0.15, -0.1) is 0 Å². The Hall–Kier alpha value is -2.90. The number of nitrogens with one attached hydrogen (secondary N) is 3. The number of carbonyl (C=O) groups is 2. The minimum atomic E-state index is -0.392. The molecule has 8 heteroatoms. The van der Waals surface area contributed by atoms with Crippen molar-refractivity contribution in [2.75, 3.05) is 17.2 Å². The third-order valence-corrected chi connectivity index (χ3v) is 2.52. The molecule has 0 unspecified atom stereocenters. The van der Waals surface area contributed by atoms with E-state index >= 15 is 0 Å². The second kappa shape index (κ2) is 4.41. The summed E-state index contributed by atoms with van der Waals surface area (Å²) in [4.78, 5) is 23.0. The van der Waals surface area contributed by atoms with Crippen molar-refractivity contribution in [3.63, 3.8) is 0 Å². The van der Waals surface area contributed by atoms with E-state index in [2.05, 4.69) is 26.0 Å². The summed E-state index contributed by atoms with van der Waals surface area (Å²) in [7, 11) is 0. The highest BCUT2D eigenvalue weighted by Gasteiger charge is 2.17. The summed E-state index contributed by atoms with van der Waals surface area (Å²) in [5.41, 5.74) is 1.23. The van der Waals surface area contributed by atoms with Gasteiger partial charge in [0, 0.05) is 5.69 Å². The molecule has 1 aliphatic rings. The van der Waals surface area contributed by atoms with Crippen molar-refractivity contribution in [3.8, 4) is 5.75 Å². The minimum Gasteiger partial charge on any atom is -0.482 e. The molecule has 0 spiro atoms. The predicted molar refractivity (Wildman–Crippen MR) is 64.9 cm³/mol. The zero-order chi connectivity index (χ0) is 13.2. The summed E-state index contributed by atoms with van der Waals surface area (Å²) in [6.45, 7) is -0.00234. The van der Waals surface area contributed by atoms with Crippen LogP contribution in [0, 0.1) is 0 Å². The van der Waals surface area contributed by atoms with Gasteiger partial charge >= 0.3 is 0 Å². The van der Waals surface area contributed by atoms with Crippen LogP contribution in [0.15, 0.2) is 24.4 Å². The first-order chi connectivity index (χ1) is 9.22. The predicted octanol–water partition coefficient (Wildman–Crippen LogP) is 0.388. The van der Waals surface area contributed by atoms with Crippen LogP contribution < -0.4 is 15.4 Å². The first-order valence-electron chi connectivity index (χ1n) is 5.46. The van der Waals surface area contributed by atoms with Crippen LogP contribution in [0.25, 0.3) is 0 Å². The van der Waals surface area contributed by atoms with Crippen LogP contribution in [0.4, 0.5) is 11.4 Å². The monoisotopic (exact) mass is 259 g/mol. The number of amides is 2. The van der Waals surface area contributed by atoms with Crippen molar-refractivity contribution in [2.24, 2.45) is 0 Å². The highest BCUT2D eigenvalue weighted by Crippen LogP contribution is 2.30. The Labute approximate surface area is 107 Å². The van der Waals surface area contributed by atoms with Gasteiger partial charge in [-0.3, -0.25) is 9.59 Å². The Kier molecular flexibility index (Phi) is 2.60. The van der Waals surface area contributed by atoms with Crippen molar-refractivity contribution in [2.45, 2.75) is 0 Å². The number of H-pyrrole nitrogens is 1. The Balaban J connectivity index is 1.81. The van der Waals surface area contributed by atoms with Gasteiger partial charge in [0.25, 0.3) is 11.8 Å². The maximum atomic E-state index is 11.8. The summed E-state index contributed by atoms with van der Waals surface area (Å²) in [6, 6.07) is 4.96. The molecule has 2 aromatic rings. The van der Waals surface area contributed by atoms with E-state index in [1.54, 1.807) is 18.2 Å². The number of anilines is 2. The number of aromatic nitrogens is 3. The van der Waals surface area contributed by atoms with E-state index < -0.39 is 5.91 Å². The topological polar surface area (TPSA) is 109 Å². The van der Waals surface area contributed by atoms with E-state index in [1.165, 1.54) is 6.20 Å². The molecule has 0 atom stereocenters. The number of carbonyl (C=O) groups excluding carboxylic acids is 2. The highest BCUT2D eigenvalue weighted by molar-refractivity contribution is 6.03. The molecule has 2 heterocycles. The molecule has 0 radical (unpaired) electrons. The molecule has 0 saturated heterocycles. The van der Waals surface area contributed by atoms with Gasteiger partial charge in [0.2, 0.25) is 0 Å². The molecule has 0 fully saturated rings.